The average Bonchev–Trinajstić information content (AvgIpc) is 3.47. The molecule has 34 heavy (non-hydrogen) atoms. The van der Waals surface area contributed by atoms with Gasteiger partial charge in [-0.3, -0.25) is 19.2 Å². The molecule has 3 unspecified atom stereocenters. The molecule has 190 valence electrons. The third-order valence-corrected chi connectivity index (χ3v) is 7.51. The van der Waals surface area contributed by atoms with Crippen molar-refractivity contribution in [3.63, 3.8) is 0 Å². The molecule has 0 spiro atoms. The Morgan fingerprint density at radius 1 is 1.09 bits per heavy atom. The number of rotatable bonds is 13. The molecular weight excluding hydrogens is 436 g/mol. The van der Waals surface area contributed by atoms with E-state index in [4.69, 9.17) is 11.2 Å². The standard InChI is InChI=1S/C26H40N2O6/c1-26(18-34-25(33)9-8-24(31)32)10-13-28(14-11-26)23(30)5-3-2-4-12-27-22(29)17-21-16-19-6-7-20(21)15-19/h6-7,19-21H,2-5,8-18H2,1H3,(H,27,29)(H,31,32)/i1T. The molecule has 3 atom stereocenters. The van der Waals surface area contributed by atoms with Crippen LogP contribution in [0.2, 0.25) is 0 Å². The van der Waals surface area contributed by atoms with Crippen LogP contribution in [0.15, 0.2) is 12.2 Å². The minimum Gasteiger partial charge on any atom is -0.481 e. The number of ether oxygens (including phenoxy) is 1. The molecule has 2 amide bonds. The minimum absolute atomic E-state index is 0.0986. The smallest absolute Gasteiger partial charge is 0.306 e. The van der Waals surface area contributed by atoms with Gasteiger partial charge in [0, 0.05) is 39.3 Å². The van der Waals surface area contributed by atoms with E-state index >= 15 is 0 Å². The van der Waals surface area contributed by atoms with E-state index in [9.17, 15) is 19.2 Å². The van der Waals surface area contributed by atoms with Gasteiger partial charge in [0.1, 0.15) is 0 Å². The summed E-state index contributed by atoms with van der Waals surface area (Å²) in [5, 5.41) is 11.7. The molecule has 3 rings (SSSR count). The van der Waals surface area contributed by atoms with Gasteiger partial charge in [-0.2, -0.15) is 0 Å². The molecule has 1 heterocycles. The molecule has 2 aliphatic carbocycles. The number of carboxylic acid groups (broad SMARTS) is 1. The van der Waals surface area contributed by atoms with E-state index in [1.165, 1.54) is 6.42 Å². The Bertz CT molecular complexity index is 793. The molecule has 0 aromatic carbocycles. The van der Waals surface area contributed by atoms with Crippen molar-refractivity contribution < 1.29 is 30.4 Å². The zero-order valence-electron chi connectivity index (χ0n) is 21.1. The second-order valence-electron chi connectivity index (χ2n) is 10.3. The first-order valence-electron chi connectivity index (χ1n) is 13.4. The second-order valence-corrected chi connectivity index (χ2v) is 10.3. The Morgan fingerprint density at radius 3 is 2.53 bits per heavy atom. The number of likely N-dealkylation sites (tertiary alicyclic amines) is 1. The number of carbonyl (C=O) groups is 4. The average molecular weight is 479 g/mol. The second kappa shape index (κ2) is 12.4. The van der Waals surface area contributed by atoms with Crippen LogP contribution in [0.5, 0.6) is 0 Å². The number of carbonyl (C=O) groups excluding carboxylic acids is 3. The van der Waals surface area contributed by atoms with E-state index in [1.54, 1.807) is 0 Å². The van der Waals surface area contributed by atoms with Gasteiger partial charge in [-0.15, -0.1) is 0 Å². The lowest BCUT2D eigenvalue weighted by atomic mass is 9.81. The summed E-state index contributed by atoms with van der Waals surface area (Å²) in [7, 11) is 0. The first kappa shape index (κ1) is 24.7. The molecule has 0 aromatic rings. The Hall–Kier alpha value is -2.38. The maximum atomic E-state index is 12.6. The largest absolute Gasteiger partial charge is 0.481 e. The first-order valence-corrected chi connectivity index (χ1v) is 12.7. The van der Waals surface area contributed by atoms with Crippen molar-refractivity contribution in [3.05, 3.63) is 12.2 Å². The van der Waals surface area contributed by atoms with Crippen LogP contribution < -0.4 is 5.32 Å². The van der Waals surface area contributed by atoms with Crippen LogP contribution in [0.4, 0.5) is 0 Å². The van der Waals surface area contributed by atoms with Gasteiger partial charge in [-0.25, -0.2) is 0 Å². The SMILES string of the molecule is [3H]CC1(COC(=O)CCC(=O)O)CCN(C(=O)CCCCCNC(=O)CC2CC3C=CC2C3)CC1. The Labute approximate surface area is 203 Å². The first-order chi connectivity index (χ1) is 16.8. The lowest BCUT2D eigenvalue weighted by Crippen LogP contribution is -2.44. The predicted molar refractivity (Wildman–Crippen MR) is 127 cm³/mol. The molecule has 3 aliphatic rings. The number of carboxylic acids is 1. The lowest BCUT2D eigenvalue weighted by molar-refractivity contribution is -0.151. The maximum Gasteiger partial charge on any atom is 0.306 e. The number of allylic oxidation sites excluding steroid dienone is 2. The molecule has 1 aliphatic heterocycles. The molecule has 2 fully saturated rings. The van der Waals surface area contributed by atoms with Crippen molar-refractivity contribution >= 4 is 23.8 Å². The fourth-order valence-corrected chi connectivity index (χ4v) is 5.29. The fraction of sp³-hybridized carbons (Fsp3) is 0.769. The van der Waals surface area contributed by atoms with E-state index in [1.807, 2.05) is 4.90 Å². The van der Waals surface area contributed by atoms with Crippen molar-refractivity contribution in [1.82, 2.24) is 10.2 Å². The quantitative estimate of drug-likeness (QED) is 0.239. The van der Waals surface area contributed by atoms with Crippen molar-refractivity contribution in [3.8, 4) is 0 Å². The number of unbranched alkanes of at least 4 members (excludes halogenated alkanes) is 2. The summed E-state index contributed by atoms with van der Waals surface area (Å²) in [6.07, 6.45) is 11.3. The van der Waals surface area contributed by atoms with Crippen LogP contribution in [0.25, 0.3) is 0 Å². The highest BCUT2D eigenvalue weighted by Gasteiger charge is 2.36. The van der Waals surface area contributed by atoms with E-state index < -0.39 is 17.4 Å². The number of nitrogens with zero attached hydrogens (tertiary/aromatic N) is 1. The van der Waals surface area contributed by atoms with Gasteiger partial charge >= 0.3 is 11.9 Å². The maximum absolute atomic E-state index is 12.6. The molecule has 2 bridgehead atoms. The number of hydrogen-bond donors (Lipinski definition) is 2. The van der Waals surface area contributed by atoms with E-state index in [0.717, 1.165) is 25.7 Å². The molecule has 8 heteroatoms. The predicted octanol–water partition coefficient (Wildman–Crippen LogP) is 3.30. The number of esters is 1. The summed E-state index contributed by atoms with van der Waals surface area (Å²) in [5.41, 5.74) is -0.470. The minimum atomic E-state index is -1.04. The summed E-state index contributed by atoms with van der Waals surface area (Å²) in [6.45, 7) is 1.94. The number of fused-ring (bicyclic) bond motifs is 2. The van der Waals surface area contributed by atoms with Crippen LogP contribution in [0.1, 0.15) is 78.9 Å². The molecule has 0 radical (unpaired) electrons. The van der Waals surface area contributed by atoms with Crippen molar-refractivity contribution in [2.45, 2.75) is 77.5 Å². The van der Waals surface area contributed by atoms with Crippen molar-refractivity contribution in [1.29, 1.82) is 0 Å². The zero-order chi connectivity index (χ0) is 25.3. The van der Waals surface area contributed by atoms with Gasteiger partial charge in [0.05, 0.1) is 19.4 Å². The number of amides is 2. The highest BCUT2D eigenvalue weighted by molar-refractivity contribution is 5.77. The van der Waals surface area contributed by atoms with Crippen molar-refractivity contribution in [2.24, 2.45) is 23.2 Å². The Balaban J connectivity index is 1.23. The number of hydrogen-bond acceptors (Lipinski definition) is 5. The summed E-state index contributed by atoms with van der Waals surface area (Å²) in [4.78, 5) is 48.9. The van der Waals surface area contributed by atoms with E-state index in [2.05, 4.69) is 17.5 Å². The number of nitrogens with one attached hydrogen (secondary N) is 1. The number of aliphatic carboxylic acids is 1. The Morgan fingerprint density at radius 2 is 1.88 bits per heavy atom. The normalized spacial score (nSPS) is 25.1. The molecule has 8 nitrogen and oxygen atoms in total. The summed E-state index contributed by atoms with van der Waals surface area (Å²) < 4.78 is 13.1. The topological polar surface area (TPSA) is 113 Å². The van der Waals surface area contributed by atoms with Gasteiger partial charge in [-0.05, 0) is 56.3 Å². The fourth-order valence-electron chi connectivity index (χ4n) is 5.29. The van der Waals surface area contributed by atoms with Gasteiger partial charge in [0.25, 0.3) is 0 Å². The van der Waals surface area contributed by atoms with Crippen LogP contribution in [-0.4, -0.2) is 60.0 Å². The highest BCUT2D eigenvalue weighted by Crippen LogP contribution is 2.44. The molecule has 1 saturated heterocycles. The molecule has 2 N–H and O–H groups in total. The third kappa shape index (κ3) is 8.13. The van der Waals surface area contributed by atoms with Gasteiger partial charge in [0.15, 0.2) is 0 Å². The Kier molecular flexibility index (Phi) is 8.99. The van der Waals surface area contributed by atoms with Gasteiger partial charge < -0.3 is 20.1 Å². The van der Waals surface area contributed by atoms with Gasteiger partial charge in [-0.1, -0.05) is 25.5 Å². The summed E-state index contributed by atoms with van der Waals surface area (Å²) in [5.74, 6) is 0.435. The molecule has 0 aromatic heterocycles. The zero-order valence-corrected chi connectivity index (χ0v) is 20.1. The summed E-state index contributed by atoms with van der Waals surface area (Å²) in [6, 6.07) is 0. The molecular formula is C26H40N2O6. The summed E-state index contributed by atoms with van der Waals surface area (Å²) >= 11 is 0. The van der Waals surface area contributed by atoms with E-state index in [0.29, 0.717) is 63.1 Å². The highest BCUT2D eigenvalue weighted by atomic mass is 16.5. The third-order valence-electron chi connectivity index (χ3n) is 7.51. The molecule has 1 saturated carbocycles. The van der Waals surface area contributed by atoms with E-state index in [-0.39, 0.29) is 38.2 Å². The van der Waals surface area contributed by atoms with Gasteiger partial charge in [0.2, 0.25) is 11.8 Å². The van der Waals surface area contributed by atoms with Crippen LogP contribution in [-0.2, 0) is 23.9 Å². The lowest BCUT2D eigenvalue weighted by Gasteiger charge is -2.39. The monoisotopic (exact) mass is 478 g/mol. The van der Waals surface area contributed by atoms with Crippen LogP contribution >= 0.6 is 0 Å². The number of piperidine rings is 1. The van der Waals surface area contributed by atoms with Crippen LogP contribution in [0, 0.1) is 23.2 Å². The van der Waals surface area contributed by atoms with Crippen LogP contribution in [0.3, 0.4) is 0 Å². The van der Waals surface area contributed by atoms with Crippen molar-refractivity contribution in [2.75, 3.05) is 26.2 Å².